The lowest BCUT2D eigenvalue weighted by Gasteiger charge is -2.26. The lowest BCUT2D eigenvalue weighted by atomic mass is 9.79. The highest BCUT2D eigenvalue weighted by Gasteiger charge is 2.18. The van der Waals surface area contributed by atoms with Crippen molar-refractivity contribution in [2.75, 3.05) is 6.54 Å². The molecule has 70 valence electrons. The lowest BCUT2D eigenvalue weighted by Crippen LogP contribution is -2.15. The second-order valence-electron chi connectivity index (χ2n) is 4.14. The van der Waals surface area contributed by atoms with E-state index in [1.807, 2.05) is 0 Å². The number of hydrogen-bond donors (Lipinski definition) is 1. The zero-order valence-electron chi connectivity index (χ0n) is 8.34. The highest BCUT2D eigenvalue weighted by Crippen LogP contribution is 2.30. The van der Waals surface area contributed by atoms with Crippen molar-refractivity contribution in [3.05, 3.63) is 11.6 Å². The molecule has 1 saturated carbocycles. The fourth-order valence-corrected chi connectivity index (χ4v) is 2.03. The van der Waals surface area contributed by atoms with E-state index in [0.717, 1.165) is 18.4 Å². The first kappa shape index (κ1) is 9.79. The number of hydrogen-bond acceptors (Lipinski definition) is 1. The van der Waals surface area contributed by atoms with E-state index in [1.165, 1.54) is 31.3 Å². The van der Waals surface area contributed by atoms with Gasteiger partial charge in [-0.3, -0.25) is 0 Å². The van der Waals surface area contributed by atoms with Crippen LogP contribution in [0, 0.1) is 11.8 Å². The number of nitrogens with two attached hydrogens (primary N) is 1. The number of rotatable bonds is 2. The highest BCUT2D eigenvalue weighted by atomic mass is 14.5. The molecule has 0 aromatic rings. The van der Waals surface area contributed by atoms with Crippen LogP contribution in [0.25, 0.3) is 0 Å². The molecule has 0 amide bonds. The summed E-state index contributed by atoms with van der Waals surface area (Å²) in [7, 11) is 0. The van der Waals surface area contributed by atoms with E-state index in [0.29, 0.717) is 0 Å². The SMILES string of the molecule is C/C(=C/C1CCCCC1C)CN. The quantitative estimate of drug-likeness (QED) is 0.629. The molecule has 1 rings (SSSR count). The van der Waals surface area contributed by atoms with Crippen molar-refractivity contribution in [3.8, 4) is 0 Å². The van der Waals surface area contributed by atoms with Gasteiger partial charge in [0.15, 0.2) is 0 Å². The van der Waals surface area contributed by atoms with Crippen LogP contribution in [0.3, 0.4) is 0 Å². The molecule has 0 heterocycles. The van der Waals surface area contributed by atoms with Crippen molar-refractivity contribution in [1.29, 1.82) is 0 Å². The van der Waals surface area contributed by atoms with E-state index in [2.05, 4.69) is 19.9 Å². The molecule has 0 aromatic carbocycles. The Morgan fingerprint density at radius 2 is 2.08 bits per heavy atom. The average Bonchev–Trinajstić information content (AvgIpc) is 2.09. The predicted octanol–water partition coefficient (Wildman–Crippen LogP) is 2.72. The Kier molecular flexibility index (Phi) is 3.80. The maximum absolute atomic E-state index is 5.57. The third-order valence-corrected chi connectivity index (χ3v) is 3.00. The molecule has 0 spiro atoms. The zero-order valence-corrected chi connectivity index (χ0v) is 8.34. The summed E-state index contributed by atoms with van der Waals surface area (Å²) < 4.78 is 0. The van der Waals surface area contributed by atoms with Crippen molar-refractivity contribution < 1.29 is 0 Å². The summed E-state index contributed by atoms with van der Waals surface area (Å²) in [6.07, 6.45) is 8.00. The fourth-order valence-electron chi connectivity index (χ4n) is 2.03. The van der Waals surface area contributed by atoms with Crippen molar-refractivity contribution >= 4 is 0 Å². The number of allylic oxidation sites excluding steroid dienone is 1. The third kappa shape index (κ3) is 2.63. The summed E-state index contributed by atoms with van der Waals surface area (Å²) in [5, 5.41) is 0. The van der Waals surface area contributed by atoms with Gasteiger partial charge in [0.2, 0.25) is 0 Å². The Balaban J connectivity index is 2.48. The summed E-state index contributed by atoms with van der Waals surface area (Å²) in [5.74, 6) is 1.68. The molecule has 1 aliphatic carbocycles. The Morgan fingerprint density at radius 1 is 1.42 bits per heavy atom. The normalized spacial score (nSPS) is 32.1. The van der Waals surface area contributed by atoms with Crippen LogP contribution in [0.1, 0.15) is 39.5 Å². The van der Waals surface area contributed by atoms with Crippen molar-refractivity contribution in [2.24, 2.45) is 17.6 Å². The van der Waals surface area contributed by atoms with Gasteiger partial charge in [-0.1, -0.05) is 37.8 Å². The summed E-state index contributed by atoms with van der Waals surface area (Å²) in [5.41, 5.74) is 6.92. The van der Waals surface area contributed by atoms with Crippen LogP contribution in [0.5, 0.6) is 0 Å². The molecule has 0 aliphatic heterocycles. The molecule has 0 saturated heterocycles. The van der Waals surface area contributed by atoms with E-state index in [4.69, 9.17) is 5.73 Å². The molecule has 1 fully saturated rings. The summed E-state index contributed by atoms with van der Waals surface area (Å²) in [6.45, 7) is 5.23. The zero-order chi connectivity index (χ0) is 8.97. The maximum atomic E-state index is 5.57. The fraction of sp³-hybridized carbons (Fsp3) is 0.818. The van der Waals surface area contributed by atoms with Gasteiger partial charge in [0, 0.05) is 6.54 Å². The molecule has 1 heteroatoms. The van der Waals surface area contributed by atoms with E-state index in [1.54, 1.807) is 0 Å². The Bertz CT molecular complexity index is 160. The molecule has 0 bridgehead atoms. The minimum Gasteiger partial charge on any atom is -0.327 e. The molecule has 0 aromatic heterocycles. The summed E-state index contributed by atoms with van der Waals surface area (Å²) in [4.78, 5) is 0. The van der Waals surface area contributed by atoms with Gasteiger partial charge in [0.05, 0.1) is 0 Å². The summed E-state index contributed by atoms with van der Waals surface area (Å²) >= 11 is 0. The van der Waals surface area contributed by atoms with Crippen LogP contribution < -0.4 is 5.73 Å². The van der Waals surface area contributed by atoms with Gasteiger partial charge in [-0.25, -0.2) is 0 Å². The molecule has 1 nitrogen and oxygen atoms in total. The van der Waals surface area contributed by atoms with Crippen LogP contribution in [0.2, 0.25) is 0 Å². The van der Waals surface area contributed by atoms with E-state index < -0.39 is 0 Å². The molecule has 0 radical (unpaired) electrons. The molecular formula is C11H21N. The smallest absolute Gasteiger partial charge is 0.0134 e. The van der Waals surface area contributed by atoms with Gasteiger partial charge in [-0.15, -0.1) is 0 Å². The summed E-state index contributed by atoms with van der Waals surface area (Å²) in [6, 6.07) is 0. The molecule has 1 aliphatic rings. The van der Waals surface area contributed by atoms with Gasteiger partial charge < -0.3 is 5.73 Å². The average molecular weight is 167 g/mol. The van der Waals surface area contributed by atoms with E-state index in [9.17, 15) is 0 Å². The first-order valence-electron chi connectivity index (χ1n) is 5.11. The van der Waals surface area contributed by atoms with E-state index >= 15 is 0 Å². The predicted molar refractivity (Wildman–Crippen MR) is 53.9 cm³/mol. The van der Waals surface area contributed by atoms with Gasteiger partial charge in [0.1, 0.15) is 0 Å². The van der Waals surface area contributed by atoms with Gasteiger partial charge >= 0.3 is 0 Å². The largest absolute Gasteiger partial charge is 0.327 e. The Morgan fingerprint density at radius 3 is 2.67 bits per heavy atom. The topological polar surface area (TPSA) is 26.0 Å². The Hall–Kier alpha value is -0.300. The van der Waals surface area contributed by atoms with Crippen molar-refractivity contribution in [1.82, 2.24) is 0 Å². The van der Waals surface area contributed by atoms with Crippen LogP contribution in [-0.4, -0.2) is 6.54 Å². The molecule has 2 atom stereocenters. The van der Waals surface area contributed by atoms with Crippen LogP contribution in [-0.2, 0) is 0 Å². The molecule has 2 N–H and O–H groups in total. The highest BCUT2D eigenvalue weighted by molar-refractivity contribution is 5.03. The molecule has 12 heavy (non-hydrogen) atoms. The minimum atomic E-state index is 0.725. The lowest BCUT2D eigenvalue weighted by molar-refractivity contribution is 0.305. The second-order valence-corrected chi connectivity index (χ2v) is 4.14. The minimum absolute atomic E-state index is 0.725. The van der Waals surface area contributed by atoms with Gasteiger partial charge in [-0.05, 0) is 25.2 Å². The monoisotopic (exact) mass is 167 g/mol. The Labute approximate surface area is 76.0 Å². The first-order chi connectivity index (χ1) is 5.74. The van der Waals surface area contributed by atoms with Crippen molar-refractivity contribution in [2.45, 2.75) is 39.5 Å². The van der Waals surface area contributed by atoms with Crippen LogP contribution >= 0.6 is 0 Å². The third-order valence-electron chi connectivity index (χ3n) is 3.00. The van der Waals surface area contributed by atoms with Gasteiger partial charge in [-0.2, -0.15) is 0 Å². The molecule has 2 unspecified atom stereocenters. The van der Waals surface area contributed by atoms with E-state index in [-0.39, 0.29) is 0 Å². The van der Waals surface area contributed by atoms with Crippen molar-refractivity contribution in [3.63, 3.8) is 0 Å². The van der Waals surface area contributed by atoms with Gasteiger partial charge in [0.25, 0.3) is 0 Å². The maximum Gasteiger partial charge on any atom is 0.0134 e. The standard InChI is InChI=1S/C11H21N/c1-9(8-12)7-11-6-4-3-5-10(11)2/h7,10-11H,3-6,8,12H2,1-2H3/b9-7-. The van der Waals surface area contributed by atoms with Crippen LogP contribution in [0.15, 0.2) is 11.6 Å². The molecular weight excluding hydrogens is 146 g/mol. The first-order valence-corrected chi connectivity index (χ1v) is 5.11. The second kappa shape index (κ2) is 4.66. The van der Waals surface area contributed by atoms with Crippen LogP contribution in [0.4, 0.5) is 0 Å².